The molecule has 0 aliphatic carbocycles. The molecule has 110 valence electrons. The highest BCUT2D eigenvalue weighted by atomic mass is 16.5. The van der Waals surface area contributed by atoms with Gasteiger partial charge in [-0.15, -0.1) is 0 Å². The average Bonchev–Trinajstić information content (AvgIpc) is 2.42. The van der Waals surface area contributed by atoms with Crippen molar-refractivity contribution in [3.63, 3.8) is 0 Å². The van der Waals surface area contributed by atoms with E-state index in [1.807, 2.05) is 6.92 Å². The predicted octanol–water partition coefficient (Wildman–Crippen LogP) is 1.54. The van der Waals surface area contributed by atoms with E-state index in [9.17, 15) is 9.59 Å². The van der Waals surface area contributed by atoms with Crippen LogP contribution in [0.2, 0.25) is 0 Å². The maximum absolute atomic E-state index is 11.2. The van der Waals surface area contributed by atoms with Crippen LogP contribution < -0.4 is 5.32 Å². The van der Waals surface area contributed by atoms with Crippen LogP contribution in [0.25, 0.3) is 0 Å². The van der Waals surface area contributed by atoms with E-state index >= 15 is 0 Å². The number of carbonyl (C=O) groups is 2. The Hall–Kier alpha value is -1.88. The maximum Gasteiger partial charge on any atom is 0.303 e. The molecule has 5 heteroatoms. The van der Waals surface area contributed by atoms with Gasteiger partial charge in [-0.05, 0) is 18.9 Å². The summed E-state index contributed by atoms with van der Waals surface area (Å²) in [6.07, 6.45) is 0.714. The molecule has 1 aromatic carbocycles. The number of aryl methyl sites for hydroxylation is 1. The van der Waals surface area contributed by atoms with Crippen LogP contribution >= 0.6 is 0 Å². The molecule has 0 aromatic heterocycles. The molecule has 1 rings (SSSR count). The summed E-state index contributed by atoms with van der Waals surface area (Å²) in [4.78, 5) is 21.5. The zero-order chi connectivity index (χ0) is 14.8. The normalized spacial score (nSPS) is 10.2. The van der Waals surface area contributed by atoms with E-state index in [0.717, 1.165) is 6.42 Å². The van der Waals surface area contributed by atoms with E-state index in [0.29, 0.717) is 19.8 Å². The number of carboxylic acids is 1. The Morgan fingerprint density at radius 3 is 2.50 bits per heavy atom. The third-order valence-electron chi connectivity index (χ3n) is 2.79. The van der Waals surface area contributed by atoms with E-state index in [2.05, 4.69) is 29.6 Å². The van der Waals surface area contributed by atoms with Crippen LogP contribution in [0.1, 0.15) is 24.0 Å². The number of nitrogens with one attached hydrogen (secondary N) is 1. The van der Waals surface area contributed by atoms with Crippen molar-refractivity contribution in [3.8, 4) is 0 Å². The molecule has 0 aliphatic heterocycles. The second-order valence-corrected chi connectivity index (χ2v) is 4.59. The lowest BCUT2D eigenvalue weighted by molar-refractivity contribution is -0.138. The van der Waals surface area contributed by atoms with Crippen LogP contribution in [-0.4, -0.2) is 36.7 Å². The van der Waals surface area contributed by atoms with Gasteiger partial charge in [-0.2, -0.15) is 0 Å². The molecular weight excluding hydrogens is 258 g/mol. The van der Waals surface area contributed by atoms with Gasteiger partial charge in [-0.3, -0.25) is 9.59 Å². The highest BCUT2D eigenvalue weighted by Gasteiger charge is 2.04. The number of carbonyl (C=O) groups excluding carboxylic acids is 1. The molecule has 1 amide bonds. The first-order valence-electron chi connectivity index (χ1n) is 6.69. The number of benzene rings is 1. The second-order valence-electron chi connectivity index (χ2n) is 4.59. The highest BCUT2D eigenvalue weighted by molar-refractivity contribution is 5.80. The fourth-order valence-electron chi connectivity index (χ4n) is 1.62. The molecule has 0 heterocycles. The van der Waals surface area contributed by atoms with Crippen LogP contribution in [0, 0.1) is 6.92 Å². The van der Waals surface area contributed by atoms with Gasteiger partial charge >= 0.3 is 5.97 Å². The number of ether oxygens (including phenoxy) is 1. The summed E-state index contributed by atoms with van der Waals surface area (Å²) in [5.74, 6) is -1.22. The van der Waals surface area contributed by atoms with E-state index in [4.69, 9.17) is 9.84 Å². The number of aliphatic carboxylic acids is 1. The first kappa shape index (κ1) is 16.2. The van der Waals surface area contributed by atoms with Crippen LogP contribution in [-0.2, 0) is 20.7 Å². The summed E-state index contributed by atoms with van der Waals surface area (Å²) >= 11 is 0. The van der Waals surface area contributed by atoms with Gasteiger partial charge in [0.15, 0.2) is 0 Å². The fraction of sp³-hybridized carbons (Fsp3) is 0.467. The third-order valence-corrected chi connectivity index (χ3v) is 2.79. The smallest absolute Gasteiger partial charge is 0.303 e. The molecule has 0 unspecified atom stereocenters. The number of hydrogen-bond acceptors (Lipinski definition) is 3. The molecule has 0 spiro atoms. The predicted molar refractivity (Wildman–Crippen MR) is 75.6 cm³/mol. The minimum absolute atomic E-state index is 0.0126. The summed E-state index contributed by atoms with van der Waals surface area (Å²) in [7, 11) is 0. The van der Waals surface area contributed by atoms with Crippen LogP contribution in [0.3, 0.4) is 0 Å². The van der Waals surface area contributed by atoms with Gasteiger partial charge in [0.05, 0.1) is 19.6 Å². The van der Waals surface area contributed by atoms with Crippen molar-refractivity contribution in [1.82, 2.24) is 5.32 Å². The van der Waals surface area contributed by atoms with E-state index in [1.165, 1.54) is 11.1 Å². The van der Waals surface area contributed by atoms with Gasteiger partial charge in [0.2, 0.25) is 5.91 Å². The molecule has 0 atom stereocenters. The molecule has 20 heavy (non-hydrogen) atoms. The molecule has 2 N–H and O–H groups in total. The van der Waals surface area contributed by atoms with Crippen molar-refractivity contribution in [2.75, 3.05) is 19.8 Å². The summed E-state index contributed by atoms with van der Waals surface area (Å²) in [5.41, 5.74) is 2.46. The number of carboxylic acid groups (broad SMARTS) is 1. The summed E-state index contributed by atoms with van der Waals surface area (Å²) in [5, 5.41) is 11.0. The molecule has 0 bridgehead atoms. The fourth-order valence-corrected chi connectivity index (χ4v) is 1.62. The monoisotopic (exact) mass is 279 g/mol. The molecule has 0 saturated heterocycles. The maximum atomic E-state index is 11.2. The van der Waals surface area contributed by atoms with Gasteiger partial charge in [0, 0.05) is 13.0 Å². The third kappa shape index (κ3) is 7.53. The van der Waals surface area contributed by atoms with Crippen molar-refractivity contribution < 1.29 is 19.4 Å². The van der Waals surface area contributed by atoms with E-state index < -0.39 is 5.97 Å². The van der Waals surface area contributed by atoms with Gasteiger partial charge in [-0.1, -0.05) is 29.8 Å². The molecule has 0 aliphatic rings. The summed E-state index contributed by atoms with van der Waals surface area (Å²) in [6.45, 7) is 3.50. The van der Waals surface area contributed by atoms with Gasteiger partial charge in [0.1, 0.15) is 0 Å². The number of amides is 1. The van der Waals surface area contributed by atoms with Crippen LogP contribution in [0.15, 0.2) is 24.3 Å². The molecule has 0 fully saturated rings. The minimum atomic E-state index is -0.963. The molecule has 5 nitrogen and oxygen atoms in total. The zero-order valence-electron chi connectivity index (χ0n) is 11.7. The Morgan fingerprint density at radius 1 is 1.15 bits per heavy atom. The number of rotatable bonds is 9. The average molecular weight is 279 g/mol. The van der Waals surface area contributed by atoms with Gasteiger partial charge in [0.25, 0.3) is 0 Å². The highest BCUT2D eigenvalue weighted by Crippen LogP contribution is 2.03. The van der Waals surface area contributed by atoms with Crippen molar-refractivity contribution in [2.45, 2.75) is 26.2 Å². The van der Waals surface area contributed by atoms with Crippen molar-refractivity contribution in [1.29, 1.82) is 0 Å². The second kappa shape index (κ2) is 9.09. The van der Waals surface area contributed by atoms with Crippen molar-refractivity contribution in [3.05, 3.63) is 35.4 Å². The lowest BCUT2D eigenvalue weighted by Crippen LogP contribution is -2.27. The van der Waals surface area contributed by atoms with Crippen molar-refractivity contribution in [2.24, 2.45) is 0 Å². The quantitative estimate of drug-likeness (QED) is 0.672. The first-order chi connectivity index (χ1) is 9.58. The standard InChI is InChI=1S/C15H21NO4/c1-12-2-4-13(5-3-12)8-10-20-11-9-16-14(17)6-7-15(18)19/h2-5H,6-11H2,1H3,(H,16,17)(H,18,19). The Kier molecular flexibility index (Phi) is 7.35. The molecule has 0 radical (unpaired) electrons. The van der Waals surface area contributed by atoms with Crippen LogP contribution in [0.5, 0.6) is 0 Å². The van der Waals surface area contributed by atoms with Crippen LogP contribution in [0.4, 0.5) is 0 Å². The topological polar surface area (TPSA) is 75.6 Å². The van der Waals surface area contributed by atoms with Gasteiger partial charge < -0.3 is 15.2 Å². The lowest BCUT2D eigenvalue weighted by atomic mass is 10.1. The Morgan fingerprint density at radius 2 is 1.85 bits per heavy atom. The van der Waals surface area contributed by atoms with Crippen molar-refractivity contribution >= 4 is 11.9 Å². The lowest BCUT2D eigenvalue weighted by Gasteiger charge is -2.06. The minimum Gasteiger partial charge on any atom is -0.481 e. The SMILES string of the molecule is Cc1ccc(CCOCCNC(=O)CCC(=O)O)cc1. The first-order valence-corrected chi connectivity index (χ1v) is 6.69. The molecule has 0 saturated carbocycles. The molecular formula is C15H21NO4. The van der Waals surface area contributed by atoms with Gasteiger partial charge in [-0.25, -0.2) is 0 Å². The zero-order valence-corrected chi connectivity index (χ0v) is 11.7. The Balaban J connectivity index is 2.01. The van der Waals surface area contributed by atoms with E-state index in [1.54, 1.807) is 0 Å². The Bertz CT molecular complexity index is 428. The summed E-state index contributed by atoms with van der Waals surface area (Å²) < 4.78 is 5.41. The van der Waals surface area contributed by atoms with E-state index in [-0.39, 0.29) is 18.7 Å². The largest absolute Gasteiger partial charge is 0.481 e. The molecule has 1 aromatic rings. The number of hydrogen-bond donors (Lipinski definition) is 2. The Labute approximate surface area is 118 Å². The summed E-state index contributed by atoms with van der Waals surface area (Å²) in [6, 6.07) is 8.29.